The molecule has 0 aliphatic rings. The summed E-state index contributed by atoms with van der Waals surface area (Å²) in [6.07, 6.45) is 1.65. The molecule has 7 nitrogen and oxygen atoms in total. The van der Waals surface area contributed by atoms with E-state index in [-0.39, 0.29) is 24.8 Å². The fourth-order valence-electron chi connectivity index (χ4n) is 3.90. The molecule has 0 saturated carbocycles. The first kappa shape index (κ1) is 27.4. The monoisotopic (exact) mass is 487 g/mol. The summed E-state index contributed by atoms with van der Waals surface area (Å²) in [6, 6.07) is 12.8. The van der Waals surface area contributed by atoms with Crippen molar-refractivity contribution in [2.45, 2.75) is 60.0 Å². The van der Waals surface area contributed by atoms with Crippen LogP contribution in [0, 0.1) is 20.8 Å². The Hall–Kier alpha value is -2.87. The molecule has 0 aromatic heterocycles. The topological polar surface area (TPSA) is 86.8 Å². The van der Waals surface area contributed by atoms with E-state index >= 15 is 0 Å². The molecule has 0 bridgehead atoms. The van der Waals surface area contributed by atoms with Crippen LogP contribution in [0.25, 0.3) is 0 Å². The number of benzene rings is 2. The Balaban J connectivity index is 2.19. The molecule has 0 fully saturated rings. The highest BCUT2D eigenvalue weighted by Gasteiger charge is 2.26. The van der Waals surface area contributed by atoms with Crippen molar-refractivity contribution in [3.8, 4) is 0 Å². The summed E-state index contributed by atoms with van der Waals surface area (Å²) in [5.74, 6) is -0.397. The number of sulfonamides is 1. The normalized spacial score (nSPS) is 12.2. The molecular formula is C26H37N3O4S. The predicted molar refractivity (Wildman–Crippen MR) is 137 cm³/mol. The Morgan fingerprint density at radius 2 is 1.74 bits per heavy atom. The van der Waals surface area contributed by atoms with E-state index in [2.05, 4.69) is 5.32 Å². The minimum absolute atomic E-state index is 0.131. The molecule has 0 unspecified atom stereocenters. The summed E-state index contributed by atoms with van der Waals surface area (Å²) in [6.45, 7) is 10.3. The Labute approximate surface area is 204 Å². The zero-order valence-corrected chi connectivity index (χ0v) is 21.9. The molecule has 2 rings (SSSR count). The average molecular weight is 488 g/mol. The molecule has 1 N–H and O–H groups in total. The zero-order valence-electron chi connectivity index (χ0n) is 21.1. The smallest absolute Gasteiger partial charge is 0.242 e. The number of nitrogens with zero attached hydrogens (tertiary/aromatic N) is 2. The van der Waals surface area contributed by atoms with E-state index in [0.29, 0.717) is 25.2 Å². The van der Waals surface area contributed by atoms with Gasteiger partial charge in [0.1, 0.15) is 6.04 Å². The van der Waals surface area contributed by atoms with Crippen molar-refractivity contribution in [3.63, 3.8) is 0 Å². The van der Waals surface area contributed by atoms with Gasteiger partial charge in [0.2, 0.25) is 21.8 Å². The van der Waals surface area contributed by atoms with Crippen molar-refractivity contribution >= 4 is 27.5 Å². The van der Waals surface area contributed by atoms with Gasteiger partial charge in [-0.1, -0.05) is 42.0 Å². The summed E-state index contributed by atoms with van der Waals surface area (Å²) in [7, 11) is -3.52. The lowest BCUT2D eigenvalue weighted by atomic mass is 10.1. The molecule has 0 spiro atoms. The minimum Gasteiger partial charge on any atom is -0.355 e. The third kappa shape index (κ3) is 7.32. The zero-order chi connectivity index (χ0) is 25.5. The van der Waals surface area contributed by atoms with Crippen LogP contribution in [-0.4, -0.2) is 50.5 Å². The van der Waals surface area contributed by atoms with Crippen molar-refractivity contribution < 1.29 is 18.0 Å². The van der Waals surface area contributed by atoms with Gasteiger partial charge < -0.3 is 10.2 Å². The third-order valence-corrected chi connectivity index (χ3v) is 7.13. The van der Waals surface area contributed by atoms with Crippen LogP contribution >= 0.6 is 0 Å². The first-order valence-corrected chi connectivity index (χ1v) is 13.5. The Morgan fingerprint density at radius 3 is 2.35 bits per heavy atom. The molecule has 186 valence electrons. The molecule has 34 heavy (non-hydrogen) atoms. The lowest BCUT2D eigenvalue weighted by molar-refractivity contribution is -0.140. The largest absolute Gasteiger partial charge is 0.355 e. The van der Waals surface area contributed by atoms with Crippen LogP contribution in [0.1, 0.15) is 48.9 Å². The lowest BCUT2D eigenvalue weighted by Gasteiger charge is -2.29. The van der Waals surface area contributed by atoms with Crippen molar-refractivity contribution in [1.82, 2.24) is 10.2 Å². The van der Waals surface area contributed by atoms with E-state index in [1.165, 1.54) is 10.6 Å². The second-order valence-electron chi connectivity index (χ2n) is 8.74. The van der Waals surface area contributed by atoms with Gasteiger partial charge in [0.25, 0.3) is 0 Å². The Kier molecular flexibility index (Phi) is 9.67. The van der Waals surface area contributed by atoms with Gasteiger partial charge in [-0.3, -0.25) is 13.9 Å². The summed E-state index contributed by atoms with van der Waals surface area (Å²) in [4.78, 5) is 27.3. The van der Waals surface area contributed by atoms with Crippen molar-refractivity contribution in [2.24, 2.45) is 0 Å². The molecule has 1 atom stereocenters. The molecule has 8 heteroatoms. The number of nitrogens with one attached hydrogen (secondary N) is 1. The number of aryl methyl sites for hydroxylation is 2. The van der Waals surface area contributed by atoms with Crippen LogP contribution in [0.3, 0.4) is 0 Å². The summed E-state index contributed by atoms with van der Waals surface area (Å²) >= 11 is 0. The van der Waals surface area contributed by atoms with Crippen molar-refractivity contribution in [3.05, 3.63) is 64.7 Å². The van der Waals surface area contributed by atoms with E-state index in [9.17, 15) is 18.0 Å². The van der Waals surface area contributed by atoms with Crippen LogP contribution < -0.4 is 9.62 Å². The Morgan fingerprint density at radius 1 is 1.06 bits per heavy atom. The standard InChI is InChI=1S/C26H37N3O4S/c1-7-27-26(31)22(5)28(18-23-13-8-11-19(2)17-23)25(30)15-10-16-29(34(6,32)33)24-14-9-12-20(3)21(24)4/h8-9,11-14,17,22H,7,10,15-16,18H2,1-6H3,(H,27,31)/t22-/m1/s1. The number of carbonyl (C=O) groups is 2. The fraction of sp³-hybridized carbons (Fsp3) is 0.462. The molecule has 2 aromatic rings. The van der Waals surface area contributed by atoms with Gasteiger partial charge >= 0.3 is 0 Å². The quantitative estimate of drug-likeness (QED) is 0.523. The number of hydrogen-bond acceptors (Lipinski definition) is 4. The van der Waals surface area contributed by atoms with Gasteiger partial charge in [0.05, 0.1) is 11.9 Å². The number of likely N-dealkylation sites (N-methyl/N-ethyl adjacent to an activating group) is 1. The number of anilines is 1. The van der Waals surface area contributed by atoms with Crippen LogP contribution in [0.5, 0.6) is 0 Å². The molecular weight excluding hydrogens is 450 g/mol. The van der Waals surface area contributed by atoms with Gasteiger partial charge in [0, 0.05) is 26.1 Å². The first-order chi connectivity index (χ1) is 16.0. The number of hydrogen-bond donors (Lipinski definition) is 1. The SMILES string of the molecule is CCNC(=O)[C@@H](C)N(Cc1cccc(C)c1)C(=O)CCCN(c1cccc(C)c1C)S(C)(=O)=O. The maximum atomic E-state index is 13.2. The first-order valence-electron chi connectivity index (χ1n) is 11.6. The van der Waals surface area contributed by atoms with Crippen molar-refractivity contribution in [1.29, 1.82) is 0 Å². The maximum Gasteiger partial charge on any atom is 0.242 e. The van der Waals surface area contributed by atoms with E-state index in [4.69, 9.17) is 0 Å². The molecule has 2 amide bonds. The number of rotatable bonds is 11. The van der Waals surface area contributed by atoms with Gasteiger partial charge in [-0.05, 0) is 63.8 Å². The van der Waals surface area contributed by atoms with Crippen LogP contribution in [0.2, 0.25) is 0 Å². The summed E-state index contributed by atoms with van der Waals surface area (Å²) in [5, 5.41) is 2.78. The third-order valence-electron chi connectivity index (χ3n) is 5.95. The Bertz CT molecular complexity index is 1110. The number of amides is 2. The van der Waals surface area contributed by atoms with Crippen molar-refractivity contribution in [2.75, 3.05) is 23.7 Å². The van der Waals surface area contributed by atoms with E-state index in [1.807, 2.05) is 64.1 Å². The minimum atomic E-state index is -3.52. The summed E-state index contributed by atoms with van der Waals surface area (Å²) in [5.41, 5.74) is 4.54. The molecule has 0 aliphatic heterocycles. The molecule has 2 aromatic carbocycles. The second kappa shape index (κ2) is 12.0. The van der Waals surface area contributed by atoms with Crippen LogP contribution in [-0.2, 0) is 26.2 Å². The van der Waals surface area contributed by atoms with Crippen LogP contribution in [0.4, 0.5) is 5.69 Å². The van der Waals surface area contributed by atoms with E-state index < -0.39 is 16.1 Å². The van der Waals surface area contributed by atoms with Gasteiger partial charge in [-0.25, -0.2) is 8.42 Å². The highest BCUT2D eigenvalue weighted by atomic mass is 32.2. The molecule has 0 heterocycles. The van der Waals surface area contributed by atoms with Crippen LogP contribution in [0.15, 0.2) is 42.5 Å². The molecule has 0 radical (unpaired) electrons. The molecule has 0 aliphatic carbocycles. The highest BCUT2D eigenvalue weighted by Crippen LogP contribution is 2.25. The summed E-state index contributed by atoms with van der Waals surface area (Å²) < 4.78 is 26.4. The highest BCUT2D eigenvalue weighted by molar-refractivity contribution is 7.92. The lowest BCUT2D eigenvalue weighted by Crippen LogP contribution is -2.47. The van der Waals surface area contributed by atoms with E-state index in [0.717, 1.165) is 22.3 Å². The second-order valence-corrected chi connectivity index (χ2v) is 10.6. The van der Waals surface area contributed by atoms with E-state index in [1.54, 1.807) is 17.9 Å². The maximum absolute atomic E-state index is 13.2. The predicted octanol–water partition coefficient (Wildman–Crippen LogP) is 3.71. The fourth-order valence-corrected chi connectivity index (χ4v) is 4.92. The number of carbonyl (C=O) groups excluding carboxylic acids is 2. The molecule has 0 saturated heterocycles. The average Bonchev–Trinajstić information content (AvgIpc) is 2.76. The van der Waals surface area contributed by atoms with Gasteiger partial charge in [-0.15, -0.1) is 0 Å². The van der Waals surface area contributed by atoms with Gasteiger partial charge in [-0.2, -0.15) is 0 Å². The van der Waals surface area contributed by atoms with Gasteiger partial charge in [0.15, 0.2) is 0 Å².